The van der Waals surface area contributed by atoms with E-state index < -0.39 is 0 Å². The number of rotatable bonds is 4. The molecule has 0 saturated carbocycles. The third-order valence-electron chi connectivity index (χ3n) is 4.75. The third kappa shape index (κ3) is 3.62. The number of amides is 3. The SMILES string of the molecule is CCN1C(=O)/C(=C2/C(=O)N(CC(=O)Nc3ccc(Cl)cc3)c3ccccc32)SC1=S. The van der Waals surface area contributed by atoms with Crippen molar-refractivity contribution < 1.29 is 14.4 Å². The van der Waals surface area contributed by atoms with Crippen molar-refractivity contribution in [3.63, 3.8) is 0 Å². The van der Waals surface area contributed by atoms with Crippen molar-refractivity contribution in [1.29, 1.82) is 0 Å². The zero-order valence-electron chi connectivity index (χ0n) is 15.8. The van der Waals surface area contributed by atoms with Crippen LogP contribution in [0.15, 0.2) is 53.4 Å². The Hall–Kier alpha value is -2.68. The molecule has 1 fully saturated rings. The average Bonchev–Trinajstić information content (AvgIpc) is 3.16. The van der Waals surface area contributed by atoms with Crippen LogP contribution < -0.4 is 10.2 Å². The largest absolute Gasteiger partial charge is 0.325 e. The van der Waals surface area contributed by atoms with Crippen LogP contribution in [0.4, 0.5) is 11.4 Å². The van der Waals surface area contributed by atoms with Gasteiger partial charge in [-0.25, -0.2) is 0 Å². The number of carbonyl (C=O) groups is 3. The quantitative estimate of drug-likeness (QED) is 0.556. The summed E-state index contributed by atoms with van der Waals surface area (Å²) in [6, 6.07) is 13.8. The molecular weight excluding hydrogens is 442 g/mol. The predicted octanol–water partition coefficient (Wildman–Crippen LogP) is 3.92. The first-order valence-corrected chi connectivity index (χ1v) is 10.8. The second-order valence-corrected chi connectivity index (χ2v) is 8.67. The van der Waals surface area contributed by atoms with Gasteiger partial charge in [-0.3, -0.25) is 24.2 Å². The van der Waals surface area contributed by atoms with Crippen molar-refractivity contribution in [3.8, 4) is 0 Å². The molecule has 4 rings (SSSR count). The molecule has 0 aromatic heterocycles. The first-order chi connectivity index (χ1) is 14.4. The Morgan fingerprint density at radius 2 is 1.77 bits per heavy atom. The number of halogens is 1. The highest BCUT2D eigenvalue weighted by Crippen LogP contribution is 2.44. The maximum Gasteiger partial charge on any atom is 0.266 e. The molecule has 0 atom stereocenters. The van der Waals surface area contributed by atoms with Gasteiger partial charge in [0.05, 0.1) is 16.2 Å². The van der Waals surface area contributed by atoms with Crippen molar-refractivity contribution in [3.05, 3.63) is 64.0 Å². The fourth-order valence-corrected chi connectivity index (χ4v) is 4.94. The number of likely N-dealkylation sites (N-methyl/N-ethyl adjacent to an activating group) is 1. The number of thiocarbonyl (C=S) groups is 1. The minimum atomic E-state index is -0.390. The van der Waals surface area contributed by atoms with E-state index in [0.717, 1.165) is 11.8 Å². The number of fused-ring (bicyclic) bond motifs is 1. The van der Waals surface area contributed by atoms with E-state index in [-0.39, 0.29) is 29.8 Å². The standard InChI is InChI=1S/C21H16ClN3O3S2/c1-2-24-20(28)18(30-21(24)29)17-14-5-3-4-6-15(14)25(19(17)27)11-16(26)23-13-9-7-12(22)8-10-13/h3-10H,2,11H2,1H3,(H,23,26)/b18-17-. The predicted molar refractivity (Wildman–Crippen MR) is 123 cm³/mol. The summed E-state index contributed by atoms with van der Waals surface area (Å²) in [5.74, 6) is -1.03. The minimum Gasteiger partial charge on any atom is -0.325 e. The van der Waals surface area contributed by atoms with Gasteiger partial charge in [0.15, 0.2) is 0 Å². The first-order valence-electron chi connectivity index (χ1n) is 9.15. The van der Waals surface area contributed by atoms with Crippen LogP contribution in [0.25, 0.3) is 5.57 Å². The molecule has 6 nitrogen and oxygen atoms in total. The van der Waals surface area contributed by atoms with Gasteiger partial charge in [-0.2, -0.15) is 0 Å². The lowest BCUT2D eigenvalue weighted by molar-refractivity contribution is -0.122. The molecule has 9 heteroatoms. The highest BCUT2D eigenvalue weighted by atomic mass is 35.5. The summed E-state index contributed by atoms with van der Waals surface area (Å²) in [6.45, 7) is 2.08. The van der Waals surface area contributed by atoms with E-state index >= 15 is 0 Å². The fourth-order valence-electron chi connectivity index (χ4n) is 3.36. The van der Waals surface area contributed by atoms with E-state index in [1.54, 1.807) is 48.5 Å². The summed E-state index contributed by atoms with van der Waals surface area (Å²) >= 11 is 12.3. The van der Waals surface area contributed by atoms with Crippen LogP contribution in [0, 0.1) is 0 Å². The smallest absolute Gasteiger partial charge is 0.266 e. The Labute approximate surface area is 187 Å². The normalized spacial score (nSPS) is 18.3. The molecule has 2 aromatic rings. The lowest BCUT2D eigenvalue weighted by atomic mass is 10.1. The van der Waals surface area contributed by atoms with Crippen molar-refractivity contribution in [2.75, 3.05) is 23.3 Å². The topological polar surface area (TPSA) is 69.7 Å². The lowest BCUT2D eigenvalue weighted by Crippen LogP contribution is -2.35. The Kier molecular flexibility index (Phi) is 5.64. The molecule has 2 heterocycles. The van der Waals surface area contributed by atoms with Gasteiger partial charge in [-0.05, 0) is 37.3 Å². The number of hydrogen-bond acceptors (Lipinski definition) is 5. The molecule has 3 amide bonds. The number of thioether (sulfide) groups is 1. The minimum absolute atomic E-state index is 0.184. The van der Waals surface area contributed by atoms with Gasteiger partial charge >= 0.3 is 0 Å². The van der Waals surface area contributed by atoms with Crippen LogP contribution in [0.2, 0.25) is 5.02 Å². The van der Waals surface area contributed by atoms with Crippen molar-refractivity contribution in [2.24, 2.45) is 0 Å². The average molecular weight is 458 g/mol. The lowest BCUT2D eigenvalue weighted by Gasteiger charge is -2.16. The molecule has 2 aliphatic rings. The summed E-state index contributed by atoms with van der Waals surface area (Å²) in [5.41, 5.74) is 2.08. The number of anilines is 2. The first kappa shape index (κ1) is 20.6. The highest BCUT2D eigenvalue weighted by molar-refractivity contribution is 8.26. The van der Waals surface area contributed by atoms with Crippen LogP contribution in [-0.2, 0) is 14.4 Å². The van der Waals surface area contributed by atoms with E-state index in [9.17, 15) is 14.4 Å². The van der Waals surface area contributed by atoms with Gasteiger partial charge in [0.25, 0.3) is 11.8 Å². The van der Waals surface area contributed by atoms with Crippen LogP contribution in [0.1, 0.15) is 12.5 Å². The maximum absolute atomic E-state index is 13.3. The molecule has 0 spiro atoms. The second-order valence-electron chi connectivity index (χ2n) is 6.59. The number of carbonyl (C=O) groups excluding carboxylic acids is 3. The Morgan fingerprint density at radius 3 is 2.43 bits per heavy atom. The summed E-state index contributed by atoms with van der Waals surface area (Å²) in [4.78, 5) is 41.8. The Bertz CT molecular complexity index is 1110. The molecule has 0 radical (unpaired) electrons. The van der Waals surface area contributed by atoms with E-state index in [2.05, 4.69) is 5.32 Å². The van der Waals surface area contributed by atoms with Crippen LogP contribution in [0.3, 0.4) is 0 Å². The second kappa shape index (κ2) is 8.22. The van der Waals surface area contributed by atoms with Gasteiger partial charge < -0.3 is 5.32 Å². The van der Waals surface area contributed by atoms with Gasteiger partial charge in [0.1, 0.15) is 10.9 Å². The molecule has 152 valence electrons. The zero-order valence-corrected chi connectivity index (χ0v) is 18.2. The monoisotopic (exact) mass is 457 g/mol. The van der Waals surface area contributed by atoms with E-state index in [1.165, 1.54) is 9.80 Å². The van der Waals surface area contributed by atoms with Crippen LogP contribution in [0.5, 0.6) is 0 Å². The molecule has 30 heavy (non-hydrogen) atoms. The van der Waals surface area contributed by atoms with Gasteiger partial charge in [-0.15, -0.1) is 0 Å². The number of nitrogens with one attached hydrogen (secondary N) is 1. The van der Waals surface area contributed by atoms with Crippen molar-refractivity contribution in [1.82, 2.24) is 4.90 Å². The van der Waals surface area contributed by atoms with E-state index in [1.807, 2.05) is 6.92 Å². The third-order valence-corrected chi connectivity index (χ3v) is 6.45. The van der Waals surface area contributed by atoms with E-state index in [4.69, 9.17) is 23.8 Å². The molecule has 0 unspecified atom stereocenters. The summed E-state index contributed by atoms with van der Waals surface area (Å²) in [5, 5.41) is 3.32. The highest BCUT2D eigenvalue weighted by Gasteiger charge is 2.41. The zero-order chi connectivity index (χ0) is 21.4. The number of para-hydroxylation sites is 1. The Morgan fingerprint density at radius 1 is 1.07 bits per heavy atom. The Balaban J connectivity index is 1.65. The number of hydrogen-bond donors (Lipinski definition) is 1. The maximum atomic E-state index is 13.3. The van der Waals surface area contributed by atoms with Crippen LogP contribution >= 0.6 is 35.6 Å². The van der Waals surface area contributed by atoms with Crippen molar-refractivity contribution >= 4 is 74.6 Å². The molecular formula is C21H16ClN3O3S2. The number of nitrogens with zero attached hydrogens (tertiary/aromatic N) is 2. The molecule has 2 aliphatic heterocycles. The molecule has 2 aromatic carbocycles. The van der Waals surface area contributed by atoms with Crippen LogP contribution in [-0.4, -0.2) is 40.0 Å². The van der Waals surface area contributed by atoms with E-state index in [0.29, 0.717) is 37.7 Å². The van der Waals surface area contributed by atoms with Gasteiger partial charge in [0.2, 0.25) is 5.91 Å². The molecule has 0 bridgehead atoms. The van der Waals surface area contributed by atoms with Gasteiger partial charge in [0, 0.05) is 22.8 Å². The summed E-state index contributed by atoms with van der Waals surface area (Å²) < 4.78 is 0.425. The number of benzene rings is 2. The molecule has 1 N–H and O–H groups in total. The summed E-state index contributed by atoms with van der Waals surface area (Å²) in [7, 11) is 0. The van der Waals surface area contributed by atoms with Crippen molar-refractivity contribution in [2.45, 2.75) is 6.92 Å². The van der Waals surface area contributed by atoms with Gasteiger partial charge in [-0.1, -0.05) is 53.8 Å². The molecule has 0 aliphatic carbocycles. The summed E-state index contributed by atoms with van der Waals surface area (Å²) in [6.07, 6.45) is 0. The fraction of sp³-hybridized carbons (Fsp3) is 0.143. The molecule has 1 saturated heterocycles.